The minimum Gasteiger partial charge on any atom is -0.446 e. The van der Waals surface area contributed by atoms with Crippen LogP contribution in [0.3, 0.4) is 0 Å². The number of carbonyl (C=O) groups excluding carboxylic acids is 2. The predicted octanol–water partition coefficient (Wildman–Crippen LogP) is 8.61. The third-order valence-electron chi connectivity index (χ3n) is 10.1. The standard InChI is InChI=1S/C39H42N2O4/c40-37(42)44-31-23-19-29(20-24-31)39(30-21-25-32(26-22-30)45-38(41)43,35-17-9-7-15-33(35)27-11-3-1-4-12-27)36-18-10-8-16-34(36)28-13-5-2-6-14-28/h1-18,29-32H,19-26H2,(H2,40,42)(H2,41,43). The molecule has 0 saturated heterocycles. The maximum absolute atomic E-state index is 11.7. The van der Waals surface area contributed by atoms with Gasteiger partial charge in [0.2, 0.25) is 0 Å². The molecule has 0 bridgehead atoms. The molecule has 2 fully saturated rings. The Hall–Kier alpha value is -4.58. The molecule has 2 saturated carbocycles. The van der Waals surface area contributed by atoms with Crippen molar-refractivity contribution in [2.75, 3.05) is 0 Å². The van der Waals surface area contributed by atoms with Gasteiger partial charge in [0.15, 0.2) is 0 Å². The quantitative estimate of drug-likeness (QED) is 0.211. The van der Waals surface area contributed by atoms with E-state index in [9.17, 15) is 9.59 Å². The van der Waals surface area contributed by atoms with Crippen molar-refractivity contribution in [1.29, 1.82) is 0 Å². The number of benzene rings is 4. The van der Waals surface area contributed by atoms with Gasteiger partial charge >= 0.3 is 12.2 Å². The van der Waals surface area contributed by atoms with Gasteiger partial charge in [-0.3, -0.25) is 0 Å². The molecular formula is C39H42N2O4. The second-order valence-corrected chi connectivity index (χ2v) is 12.5. The van der Waals surface area contributed by atoms with E-state index in [4.69, 9.17) is 20.9 Å². The van der Waals surface area contributed by atoms with Crippen LogP contribution >= 0.6 is 0 Å². The fourth-order valence-electron chi connectivity index (χ4n) is 8.39. The van der Waals surface area contributed by atoms with Crippen LogP contribution in [-0.2, 0) is 14.9 Å². The van der Waals surface area contributed by atoms with Gasteiger partial charge in [-0.1, -0.05) is 109 Å². The first kappa shape index (κ1) is 30.4. The molecule has 0 heterocycles. The molecule has 6 heteroatoms. The Morgan fingerprint density at radius 3 is 1.18 bits per heavy atom. The summed E-state index contributed by atoms with van der Waals surface area (Å²) in [5, 5.41) is 0. The van der Waals surface area contributed by atoms with E-state index in [0.29, 0.717) is 0 Å². The topological polar surface area (TPSA) is 105 Å². The van der Waals surface area contributed by atoms with Gasteiger partial charge in [0.05, 0.1) is 0 Å². The normalized spacial score (nSPS) is 21.9. The molecule has 6 rings (SSSR count). The highest BCUT2D eigenvalue weighted by atomic mass is 16.6. The number of primary amides is 2. The van der Waals surface area contributed by atoms with Crippen LogP contribution in [0, 0.1) is 11.8 Å². The summed E-state index contributed by atoms with van der Waals surface area (Å²) in [5.74, 6) is 0.525. The molecule has 0 radical (unpaired) electrons. The Morgan fingerprint density at radius 1 is 0.489 bits per heavy atom. The van der Waals surface area contributed by atoms with Crippen molar-refractivity contribution >= 4 is 12.2 Å². The molecule has 2 amide bonds. The summed E-state index contributed by atoms with van der Waals surface area (Å²) in [6.45, 7) is 0. The lowest BCUT2D eigenvalue weighted by molar-refractivity contribution is 0.0282. The van der Waals surface area contributed by atoms with E-state index in [2.05, 4.69) is 109 Å². The second-order valence-electron chi connectivity index (χ2n) is 12.5. The molecule has 0 spiro atoms. The zero-order chi connectivity index (χ0) is 31.2. The number of nitrogens with two attached hydrogens (primary N) is 2. The summed E-state index contributed by atoms with van der Waals surface area (Å²) in [6, 6.07) is 39.1. The molecule has 0 atom stereocenters. The molecule has 45 heavy (non-hydrogen) atoms. The maximum Gasteiger partial charge on any atom is 0.404 e. The van der Waals surface area contributed by atoms with Crippen LogP contribution in [0.2, 0.25) is 0 Å². The van der Waals surface area contributed by atoms with Gasteiger partial charge in [-0.05, 0) is 96.6 Å². The van der Waals surface area contributed by atoms with E-state index in [1.54, 1.807) is 0 Å². The van der Waals surface area contributed by atoms with Gasteiger partial charge in [0.1, 0.15) is 12.2 Å². The van der Waals surface area contributed by atoms with Crippen LogP contribution in [0.4, 0.5) is 9.59 Å². The van der Waals surface area contributed by atoms with Gasteiger partial charge in [0, 0.05) is 5.41 Å². The van der Waals surface area contributed by atoms with Crippen molar-refractivity contribution in [3.63, 3.8) is 0 Å². The third kappa shape index (κ3) is 6.32. The van der Waals surface area contributed by atoms with Gasteiger partial charge in [-0.25, -0.2) is 9.59 Å². The van der Waals surface area contributed by atoms with Crippen LogP contribution in [0.25, 0.3) is 22.3 Å². The summed E-state index contributed by atoms with van der Waals surface area (Å²) in [4.78, 5) is 23.4. The van der Waals surface area contributed by atoms with E-state index in [1.807, 2.05) is 0 Å². The van der Waals surface area contributed by atoms with Crippen molar-refractivity contribution in [2.45, 2.75) is 69.0 Å². The lowest BCUT2D eigenvalue weighted by Gasteiger charge is -2.52. The third-order valence-corrected chi connectivity index (χ3v) is 10.1. The summed E-state index contributed by atoms with van der Waals surface area (Å²) in [7, 11) is 0. The number of ether oxygens (including phenoxy) is 2. The minimum atomic E-state index is -0.707. The van der Waals surface area contributed by atoms with Crippen LogP contribution in [0.5, 0.6) is 0 Å². The Morgan fingerprint density at radius 2 is 0.822 bits per heavy atom. The summed E-state index contributed by atoms with van der Waals surface area (Å²) >= 11 is 0. The smallest absolute Gasteiger partial charge is 0.404 e. The minimum absolute atomic E-state index is 0.176. The average Bonchev–Trinajstić information content (AvgIpc) is 3.07. The maximum atomic E-state index is 11.7. The number of carbonyl (C=O) groups is 2. The number of hydrogen-bond donors (Lipinski definition) is 2. The zero-order valence-electron chi connectivity index (χ0n) is 25.6. The Kier molecular flexibility index (Phi) is 9.20. The molecule has 6 nitrogen and oxygen atoms in total. The fourth-order valence-corrected chi connectivity index (χ4v) is 8.39. The number of rotatable bonds is 8. The first-order valence-corrected chi connectivity index (χ1v) is 16.2. The molecular weight excluding hydrogens is 560 g/mol. The van der Waals surface area contributed by atoms with Crippen LogP contribution in [0.15, 0.2) is 109 Å². The van der Waals surface area contributed by atoms with Crippen LogP contribution in [0.1, 0.15) is 62.5 Å². The molecule has 0 aromatic heterocycles. The van der Waals surface area contributed by atoms with E-state index in [0.717, 1.165) is 51.4 Å². The van der Waals surface area contributed by atoms with Crippen LogP contribution < -0.4 is 11.5 Å². The van der Waals surface area contributed by atoms with Gasteiger partial charge < -0.3 is 20.9 Å². The molecule has 0 aliphatic heterocycles. The van der Waals surface area contributed by atoms with Crippen LogP contribution in [-0.4, -0.2) is 24.4 Å². The highest BCUT2D eigenvalue weighted by Gasteiger charge is 2.51. The van der Waals surface area contributed by atoms with E-state index in [1.165, 1.54) is 33.4 Å². The van der Waals surface area contributed by atoms with Crippen molar-refractivity contribution in [1.82, 2.24) is 0 Å². The van der Waals surface area contributed by atoms with Crippen molar-refractivity contribution in [2.24, 2.45) is 23.3 Å². The predicted molar refractivity (Wildman–Crippen MR) is 177 cm³/mol. The summed E-state index contributed by atoms with van der Waals surface area (Å²) < 4.78 is 11.0. The fraction of sp³-hybridized carbons (Fsp3) is 0.333. The largest absolute Gasteiger partial charge is 0.446 e. The average molecular weight is 603 g/mol. The van der Waals surface area contributed by atoms with E-state index >= 15 is 0 Å². The zero-order valence-corrected chi connectivity index (χ0v) is 25.6. The van der Waals surface area contributed by atoms with Crippen molar-refractivity contribution in [3.05, 3.63) is 120 Å². The summed E-state index contributed by atoms with van der Waals surface area (Å²) in [5.41, 5.74) is 18.0. The molecule has 0 unspecified atom stereocenters. The molecule has 2 aliphatic rings. The lowest BCUT2D eigenvalue weighted by atomic mass is 9.51. The Labute approximate surface area is 265 Å². The molecule has 232 valence electrons. The molecule has 4 aromatic carbocycles. The van der Waals surface area contributed by atoms with Gasteiger partial charge in [-0.15, -0.1) is 0 Å². The van der Waals surface area contributed by atoms with Gasteiger partial charge in [-0.2, -0.15) is 0 Å². The molecule has 2 aliphatic carbocycles. The van der Waals surface area contributed by atoms with E-state index < -0.39 is 12.2 Å². The first-order chi connectivity index (χ1) is 22.0. The SMILES string of the molecule is NC(=O)OC1CCC(C(c2ccccc2-c2ccccc2)(c2ccccc2-c2ccccc2)C2CCC(OC(N)=O)CC2)CC1. The Balaban J connectivity index is 1.59. The highest BCUT2D eigenvalue weighted by molar-refractivity contribution is 5.75. The Bertz CT molecular complexity index is 1470. The monoisotopic (exact) mass is 602 g/mol. The van der Waals surface area contributed by atoms with E-state index in [-0.39, 0.29) is 29.5 Å². The van der Waals surface area contributed by atoms with Crippen molar-refractivity contribution < 1.29 is 19.1 Å². The first-order valence-electron chi connectivity index (χ1n) is 16.2. The lowest BCUT2D eigenvalue weighted by Crippen LogP contribution is -2.48. The molecule has 4 aromatic rings. The second kappa shape index (κ2) is 13.6. The van der Waals surface area contributed by atoms with Crippen molar-refractivity contribution in [3.8, 4) is 22.3 Å². The highest BCUT2D eigenvalue weighted by Crippen LogP contribution is 2.58. The number of hydrogen-bond acceptors (Lipinski definition) is 4. The summed E-state index contributed by atoms with van der Waals surface area (Å²) in [6.07, 6.45) is 4.84. The molecule has 4 N–H and O–H groups in total. The number of amides is 2. The van der Waals surface area contributed by atoms with Gasteiger partial charge in [0.25, 0.3) is 0 Å².